The molecular weight excluding hydrogens is 356 g/mol. The van der Waals surface area contributed by atoms with E-state index >= 15 is 0 Å². The van der Waals surface area contributed by atoms with Gasteiger partial charge in [0.15, 0.2) is 6.61 Å². The van der Waals surface area contributed by atoms with Gasteiger partial charge < -0.3 is 19.7 Å². The highest BCUT2D eigenvalue weighted by atomic mass is 16.5. The fourth-order valence-electron chi connectivity index (χ4n) is 3.20. The van der Waals surface area contributed by atoms with Gasteiger partial charge in [0.25, 0.3) is 5.91 Å². The zero-order valence-corrected chi connectivity index (χ0v) is 16.3. The van der Waals surface area contributed by atoms with Gasteiger partial charge in [-0.1, -0.05) is 18.2 Å². The van der Waals surface area contributed by atoms with E-state index in [1.165, 1.54) is 0 Å². The standard InChI is InChI=1S/C22H26N2O4/c1-3-27-19-11-9-17(10-12-19)16(2)23-21(25)15-28-20-7-4-6-18(14-20)24-13-5-8-22(24)26/h4,6-7,9-12,14,16H,3,5,8,13,15H2,1-2H3,(H,23,25)/t16-/m1/s1. The molecule has 1 saturated heterocycles. The number of benzene rings is 2. The molecule has 6 nitrogen and oxygen atoms in total. The van der Waals surface area contributed by atoms with E-state index in [2.05, 4.69) is 5.32 Å². The molecule has 1 heterocycles. The zero-order chi connectivity index (χ0) is 19.9. The van der Waals surface area contributed by atoms with Crippen LogP contribution in [-0.2, 0) is 9.59 Å². The Morgan fingerprint density at radius 2 is 1.93 bits per heavy atom. The lowest BCUT2D eigenvalue weighted by molar-refractivity contribution is -0.123. The third kappa shape index (κ3) is 5.03. The maximum absolute atomic E-state index is 12.2. The fourth-order valence-corrected chi connectivity index (χ4v) is 3.20. The predicted molar refractivity (Wildman–Crippen MR) is 108 cm³/mol. The molecule has 1 fully saturated rings. The number of amides is 2. The molecule has 0 saturated carbocycles. The molecule has 0 aliphatic carbocycles. The van der Waals surface area contributed by atoms with E-state index in [9.17, 15) is 9.59 Å². The van der Waals surface area contributed by atoms with Crippen LogP contribution in [0.1, 0.15) is 38.3 Å². The highest BCUT2D eigenvalue weighted by Gasteiger charge is 2.21. The summed E-state index contributed by atoms with van der Waals surface area (Å²) in [5.41, 5.74) is 1.80. The molecular formula is C22H26N2O4. The summed E-state index contributed by atoms with van der Waals surface area (Å²) in [5.74, 6) is 1.30. The lowest BCUT2D eigenvalue weighted by Crippen LogP contribution is -2.31. The largest absolute Gasteiger partial charge is 0.494 e. The quantitative estimate of drug-likeness (QED) is 0.759. The summed E-state index contributed by atoms with van der Waals surface area (Å²) in [6.45, 7) is 5.12. The van der Waals surface area contributed by atoms with Gasteiger partial charge in [-0.25, -0.2) is 0 Å². The van der Waals surface area contributed by atoms with Crippen molar-refractivity contribution >= 4 is 17.5 Å². The van der Waals surface area contributed by atoms with E-state index in [1.54, 1.807) is 17.0 Å². The van der Waals surface area contributed by atoms with E-state index in [0.29, 0.717) is 18.8 Å². The van der Waals surface area contributed by atoms with Crippen LogP contribution >= 0.6 is 0 Å². The van der Waals surface area contributed by atoms with Gasteiger partial charge >= 0.3 is 0 Å². The summed E-state index contributed by atoms with van der Waals surface area (Å²) in [5, 5.41) is 2.93. The van der Waals surface area contributed by atoms with Gasteiger partial charge in [0.05, 0.1) is 12.6 Å². The number of nitrogens with one attached hydrogen (secondary N) is 1. The van der Waals surface area contributed by atoms with Gasteiger partial charge in [-0.3, -0.25) is 9.59 Å². The molecule has 0 bridgehead atoms. The average Bonchev–Trinajstić information content (AvgIpc) is 3.13. The van der Waals surface area contributed by atoms with Crippen LogP contribution in [0.15, 0.2) is 48.5 Å². The number of carbonyl (C=O) groups is 2. The van der Waals surface area contributed by atoms with Crippen LogP contribution in [0.4, 0.5) is 5.69 Å². The van der Waals surface area contributed by atoms with E-state index in [1.807, 2.05) is 50.2 Å². The van der Waals surface area contributed by atoms with Crippen molar-refractivity contribution in [2.24, 2.45) is 0 Å². The Labute approximate surface area is 165 Å². The first-order valence-electron chi connectivity index (χ1n) is 9.62. The van der Waals surface area contributed by atoms with Crippen LogP contribution in [0.3, 0.4) is 0 Å². The maximum Gasteiger partial charge on any atom is 0.258 e. The van der Waals surface area contributed by atoms with Crippen molar-refractivity contribution in [2.75, 3.05) is 24.7 Å². The van der Waals surface area contributed by atoms with Crippen LogP contribution in [0.5, 0.6) is 11.5 Å². The van der Waals surface area contributed by atoms with Crippen molar-refractivity contribution in [3.05, 3.63) is 54.1 Å². The first-order chi connectivity index (χ1) is 13.6. The third-order valence-corrected chi connectivity index (χ3v) is 4.64. The smallest absolute Gasteiger partial charge is 0.258 e. The van der Waals surface area contributed by atoms with Gasteiger partial charge in [0.2, 0.25) is 5.91 Å². The molecule has 1 N–H and O–H groups in total. The predicted octanol–water partition coefficient (Wildman–Crippen LogP) is 3.47. The molecule has 0 aromatic heterocycles. The number of hydrogen-bond acceptors (Lipinski definition) is 4. The minimum Gasteiger partial charge on any atom is -0.494 e. The Morgan fingerprint density at radius 1 is 1.14 bits per heavy atom. The van der Waals surface area contributed by atoms with Crippen molar-refractivity contribution in [2.45, 2.75) is 32.7 Å². The fraction of sp³-hybridized carbons (Fsp3) is 0.364. The van der Waals surface area contributed by atoms with E-state index in [0.717, 1.165) is 30.0 Å². The summed E-state index contributed by atoms with van der Waals surface area (Å²) < 4.78 is 11.1. The van der Waals surface area contributed by atoms with Crippen LogP contribution in [0, 0.1) is 0 Å². The second-order valence-corrected chi connectivity index (χ2v) is 6.73. The first kappa shape index (κ1) is 19.7. The molecule has 0 unspecified atom stereocenters. The van der Waals surface area contributed by atoms with Gasteiger partial charge in [-0.2, -0.15) is 0 Å². The molecule has 3 rings (SSSR count). The number of rotatable bonds is 8. The Kier molecular flexibility index (Phi) is 6.53. The van der Waals surface area contributed by atoms with Crippen molar-refractivity contribution in [1.82, 2.24) is 5.32 Å². The molecule has 1 atom stereocenters. The summed E-state index contributed by atoms with van der Waals surface area (Å²) in [6.07, 6.45) is 1.45. The average molecular weight is 382 g/mol. The highest BCUT2D eigenvalue weighted by Crippen LogP contribution is 2.25. The van der Waals surface area contributed by atoms with Crippen molar-refractivity contribution in [3.8, 4) is 11.5 Å². The lowest BCUT2D eigenvalue weighted by Gasteiger charge is -2.17. The Bertz CT molecular complexity index is 820. The van der Waals surface area contributed by atoms with E-state index in [4.69, 9.17) is 9.47 Å². The minimum absolute atomic E-state index is 0.0846. The Morgan fingerprint density at radius 3 is 2.61 bits per heavy atom. The molecule has 2 aromatic carbocycles. The summed E-state index contributed by atoms with van der Waals surface area (Å²) in [7, 11) is 0. The van der Waals surface area contributed by atoms with Crippen molar-refractivity contribution < 1.29 is 19.1 Å². The Hall–Kier alpha value is -3.02. The van der Waals surface area contributed by atoms with Crippen LogP contribution < -0.4 is 19.7 Å². The van der Waals surface area contributed by atoms with E-state index < -0.39 is 0 Å². The molecule has 148 valence electrons. The topological polar surface area (TPSA) is 67.9 Å². The lowest BCUT2D eigenvalue weighted by atomic mass is 10.1. The first-order valence-corrected chi connectivity index (χ1v) is 9.62. The molecule has 0 spiro atoms. The summed E-state index contributed by atoms with van der Waals surface area (Å²) in [6, 6.07) is 14.8. The Balaban J connectivity index is 1.52. The van der Waals surface area contributed by atoms with Crippen LogP contribution in [-0.4, -0.2) is 31.6 Å². The number of ether oxygens (including phenoxy) is 2. The van der Waals surface area contributed by atoms with Gasteiger partial charge in [-0.15, -0.1) is 0 Å². The second-order valence-electron chi connectivity index (χ2n) is 6.73. The number of hydrogen-bond donors (Lipinski definition) is 1. The normalized spacial score (nSPS) is 14.6. The van der Waals surface area contributed by atoms with Crippen molar-refractivity contribution in [3.63, 3.8) is 0 Å². The molecule has 28 heavy (non-hydrogen) atoms. The van der Waals surface area contributed by atoms with E-state index in [-0.39, 0.29) is 24.5 Å². The van der Waals surface area contributed by atoms with Gasteiger partial charge in [-0.05, 0) is 50.1 Å². The third-order valence-electron chi connectivity index (χ3n) is 4.64. The highest BCUT2D eigenvalue weighted by molar-refractivity contribution is 5.95. The maximum atomic E-state index is 12.2. The molecule has 1 aliphatic heterocycles. The molecule has 6 heteroatoms. The summed E-state index contributed by atoms with van der Waals surface area (Å²) in [4.78, 5) is 25.9. The number of nitrogens with zero attached hydrogens (tertiary/aromatic N) is 1. The van der Waals surface area contributed by atoms with Crippen LogP contribution in [0.2, 0.25) is 0 Å². The van der Waals surface area contributed by atoms with Crippen LogP contribution in [0.25, 0.3) is 0 Å². The molecule has 0 radical (unpaired) electrons. The number of anilines is 1. The zero-order valence-electron chi connectivity index (χ0n) is 16.3. The SMILES string of the molecule is CCOc1ccc([C@@H](C)NC(=O)COc2cccc(N3CCCC3=O)c2)cc1. The minimum atomic E-state index is -0.205. The second kappa shape index (κ2) is 9.26. The monoisotopic (exact) mass is 382 g/mol. The molecule has 2 amide bonds. The number of carbonyl (C=O) groups excluding carboxylic acids is 2. The van der Waals surface area contributed by atoms with Crippen molar-refractivity contribution in [1.29, 1.82) is 0 Å². The summed E-state index contributed by atoms with van der Waals surface area (Å²) >= 11 is 0. The molecule has 2 aromatic rings. The van der Waals surface area contributed by atoms with Gasteiger partial charge in [0, 0.05) is 24.7 Å². The molecule has 1 aliphatic rings. The van der Waals surface area contributed by atoms with Gasteiger partial charge in [0.1, 0.15) is 11.5 Å².